The molecular formula is C17H17N5O2S. The third-order valence-corrected chi connectivity index (χ3v) is 4.51. The van der Waals surface area contributed by atoms with Crippen molar-refractivity contribution in [3.8, 4) is 5.69 Å². The van der Waals surface area contributed by atoms with E-state index in [1.54, 1.807) is 18.6 Å². The largest absolute Gasteiger partial charge is 0.352 e. The van der Waals surface area contributed by atoms with E-state index >= 15 is 0 Å². The van der Waals surface area contributed by atoms with Crippen molar-refractivity contribution < 1.29 is 9.59 Å². The molecule has 3 aromatic rings. The second kappa shape index (κ2) is 7.63. The van der Waals surface area contributed by atoms with Crippen LogP contribution in [0.4, 0.5) is 10.5 Å². The average molecular weight is 355 g/mol. The number of amides is 3. The molecule has 8 heteroatoms. The molecule has 128 valence electrons. The van der Waals surface area contributed by atoms with Crippen LogP contribution >= 0.6 is 11.3 Å². The van der Waals surface area contributed by atoms with Gasteiger partial charge in [-0.05, 0) is 29.6 Å². The summed E-state index contributed by atoms with van der Waals surface area (Å²) in [6.07, 6.45) is 5.29. The Morgan fingerprint density at radius 1 is 1.28 bits per heavy atom. The van der Waals surface area contributed by atoms with E-state index in [0.29, 0.717) is 5.69 Å². The maximum absolute atomic E-state index is 12.4. The van der Waals surface area contributed by atoms with Crippen molar-refractivity contribution in [2.24, 2.45) is 5.73 Å². The fourth-order valence-corrected chi connectivity index (χ4v) is 3.22. The molecule has 0 aliphatic carbocycles. The number of hydrogen-bond donors (Lipinski definition) is 3. The summed E-state index contributed by atoms with van der Waals surface area (Å²) in [6, 6.07) is 10.0. The zero-order valence-electron chi connectivity index (χ0n) is 13.3. The van der Waals surface area contributed by atoms with Gasteiger partial charge in [-0.25, -0.2) is 9.78 Å². The Labute approximate surface area is 148 Å². The third kappa shape index (κ3) is 4.45. The van der Waals surface area contributed by atoms with Crippen LogP contribution in [0.5, 0.6) is 0 Å². The Bertz CT molecular complexity index is 846. The van der Waals surface area contributed by atoms with E-state index < -0.39 is 12.1 Å². The number of carbonyl (C=O) groups excluding carboxylic acids is 2. The van der Waals surface area contributed by atoms with E-state index in [9.17, 15) is 9.59 Å². The Balaban J connectivity index is 1.69. The molecule has 4 N–H and O–H groups in total. The number of rotatable bonds is 6. The molecule has 7 nitrogen and oxygen atoms in total. The number of nitrogens with two attached hydrogens (primary N) is 1. The Kier molecular flexibility index (Phi) is 5.10. The first-order valence-corrected chi connectivity index (χ1v) is 8.47. The van der Waals surface area contributed by atoms with Crippen LogP contribution in [0.25, 0.3) is 5.69 Å². The highest BCUT2D eigenvalue weighted by Gasteiger charge is 2.18. The van der Waals surface area contributed by atoms with Crippen LogP contribution in [0.2, 0.25) is 0 Å². The normalized spacial score (nSPS) is 11.7. The summed E-state index contributed by atoms with van der Waals surface area (Å²) in [5.41, 5.74) is 6.77. The minimum atomic E-state index is -0.659. The van der Waals surface area contributed by atoms with Gasteiger partial charge in [0.15, 0.2) is 0 Å². The molecule has 0 fully saturated rings. The van der Waals surface area contributed by atoms with Crippen LogP contribution in [0.15, 0.2) is 60.5 Å². The molecule has 1 aromatic carbocycles. The number of nitrogens with one attached hydrogen (secondary N) is 2. The van der Waals surface area contributed by atoms with Crippen molar-refractivity contribution in [1.82, 2.24) is 14.9 Å². The number of benzene rings is 1. The molecule has 0 spiro atoms. The van der Waals surface area contributed by atoms with Crippen molar-refractivity contribution >= 4 is 29.0 Å². The predicted octanol–water partition coefficient (Wildman–Crippen LogP) is 2.67. The fraction of sp³-hybridized carbons (Fsp3) is 0.118. The highest BCUT2D eigenvalue weighted by atomic mass is 32.1. The average Bonchev–Trinajstić information content (AvgIpc) is 3.28. The van der Waals surface area contributed by atoms with Crippen molar-refractivity contribution in [3.05, 3.63) is 65.4 Å². The highest BCUT2D eigenvalue weighted by Crippen LogP contribution is 2.23. The molecule has 0 unspecified atom stereocenters. The van der Waals surface area contributed by atoms with Crippen LogP contribution in [-0.2, 0) is 4.79 Å². The van der Waals surface area contributed by atoms with Gasteiger partial charge in [-0.2, -0.15) is 0 Å². The maximum Gasteiger partial charge on any atom is 0.312 e. The third-order valence-electron chi connectivity index (χ3n) is 3.53. The lowest BCUT2D eigenvalue weighted by Crippen LogP contribution is -2.34. The standard InChI is InChI=1S/C17H17N5O2S/c18-17(24)21-14(15-5-2-8-25-15)10-16(23)20-12-3-1-4-13(9-12)22-7-6-19-11-22/h1-9,11,14H,10H2,(H,20,23)(H3,18,21,24)/t14-/m0/s1. The number of carbonyl (C=O) groups is 2. The molecule has 0 saturated heterocycles. The number of primary amides is 1. The van der Waals surface area contributed by atoms with E-state index in [2.05, 4.69) is 15.6 Å². The van der Waals surface area contributed by atoms with Crippen LogP contribution in [-0.4, -0.2) is 21.5 Å². The van der Waals surface area contributed by atoms with E-state index in [1.807, 2.05) is 46.5 Å². The first kappa shape index (κ1) is 16.7. The molecule has 0 aliphatic heterocycles. The number of urea groups is 1. The SMILES string of the molecule is NC(=O)N[C@@H](CC(=O)Nc1cccc(-n2ccnc2)c1)c1cccs1. The minimum Gasteiger partial charge on any atom is -0.352 e. The lowest BCUT2D eigenvalue weighted by atomic mass is 10.1. The molecule has 3 amide bonds. The fourth-order valence-electron chi connectivity index (χ4n) is 2.44. The summed E-state index contributed by atoms with van der Waals surface area (Å²) in [5.74, 6) is -0.213. The number of thiophene rings is 1. The first-order chi connectivity index (χ1) is 12.1. The molecule has 0 saturated carbocycles. The van der Waals surface area contributed by atoms with Crippen LogP contribution in [0.1, 0.15) is 17.3 Å². The topological polar surface area (TPSA) is 102 Å². The predicted molar refractivity (Wildman–Crippen MR) is 96.6 cm³/mol. The van der Waals surface area contributed by atoms with Crippen molar-refractivity contribution in [2.45, 2.75) is 12.5 Å². The summed E-state index contributed by atoms with van der Waals surface area (Å²) in [7, 11) is 0. The van der Waals surface area contributed by atoms with Gasteiger partial charge in [0.2, 0.25) is 5.91 Å². The molecule has 2 heterocycles. The van der Waals surface area contributed by atoms with E-state index in [0.717, 1.165) is 10.6 Å². The molecule has 2 aromatic heterocycles. The van der Waals surface area contributed by atoms with E-state index in [4.69, 9.17) is 5.73 Å². The van der Waals surface area contributed by atoms with Crippen LogP contribution in [0.3, 0.4) is 0 Å². The monoisotopic (exact) mass is 355 g/mol. The summed E-state index contributed by atoms with van der Waals surface area (Å²) in [6.45, 7) is 0. The number of nitrogens with zero attached hydrogens (tertiary/aromatic N) is 2. The van der Waals surface area contributed by atoms with Gasteiger partial charge < -0.3 is 20.9 Å². The quantitative estimate of drug-likeness (QED) is 0.633. The summed E-state index contributed by atoms with van der Waals surface area (Å²) < 4.78 is 1.85. The van der Waals surface area contributed by atoms with Gasteiger partial charge >= 0.3 is 6.03 Å². The van der Waals surface area contributed by atoms with Gasteiger partial charge in [-0.1, -0.05) is 12.1 Å². The van der Waals surface area contributed by atoms with Gasteiger partial charge in [-0.3, -0.25) is 4.79 Å². The molecule has 1 atom stereocenters. The lowest BCUT2D eigenvalue weighted by molar-refractivity contribution is -0.116. The van der Waals surface area contributed by atoms with Gasteiger partial charge in [0, 0.05) is 28.6 Å². The number of anilines is 1. The van der Waals surface area contributed by atoms with Gasteiger partial charge in [0.1, 0.15) is 0 Å². The number of aromatic nitrogens is 2. The molecule has 0 bridgehead atoms. The molecule has 3 rings (SSSR count). The molecule has 0 radical (unpaired) electrons. The number of hydrogen-bond acceptors (Lipinski definition) is 4. The summed E-state index contributed by atoms with van der Waals surface area (Å²) in [4.78, 5) is 28.5. The van der Waals surface area contributed by atoms with Crippen LogP contribution < -0.4 is 16.4 Å². The maximum atomic E-state index is 12.4. The van der Waals surface area contributed by atoms with Crippen molar-refractivity contribution in [1.29, 1.82) is 0 Å². The lowest BCUT2D eigenvalue weighted by Gasteiger charge is -2.16. The van der Waals surface area contributed by atoms with E-state index in [-0.39, 0.29) is 12.3 Å². The van der Waals surface area contributed by atoms with Crippen molar-refractivity contribution in [2.75, 3.05) is 5.32 Å². The zero-order chi connectivity index (χ0) is 17.6. The highest BCUT2D eigenvalue weighted by molar-refractivity contribution is 7.10. The Morgan fingerprint density at radius 2 is 2.16 bits per heavy atom. The van der Waals surface area contributed by atoms with Gasteiger partial charge in [0.25, 0.3) is 0 Å². The Morgan fingerprint density at radius 3 is 2.84 bits per heavy atom. The molecule has 0 aliphatic rings. The molecular weight excluding hydrogens is 338 g/mol. The second-order valence-corrected chi connectivity index (χ2v) is 6.33. The first-order valence-electron chi connectivity index (χ1n) is 7.59. The minimum absolute atomic E-state index is 0.0960. The van der Waals surface area contributed by atoms with Gasteiger partial charge in [-0.15, -0.1) is 11.3 Å². The smallest absolute Gasteiger partial charge is 0.312 e. The Hall–Kier alpha value is -3.13. The zero-order valence-corrected chi connectivity index (χ0v) is 14.1. The second-order valence-electron chi connectivity index (χ2n) is 5.35. The van der Waals surface area contributed by atoms with Gasteiger partial charge in [0.05, 0.1) is 18.8 Å². The van der Waals surface area contributed by atoms with Crippen LogP contribution in [0, 0.1) is 0 Å². The summed E-state index contributed by atoms with van der Waals surface area (Å²) >= 11 is 1.46. The molecule has 25 heavy (non-hydrogen) atoms. The van der Waals surface area contributed by atoms with Crippen molar-refractivity contribution in [3.63, 3.8) is 0 Å². The summed E-state index contributed by atoms with van der Waals surface area (Å²) in [5, 5.41) is 7.34. The number of imidazole rings is 1. The van der Waals surface area contributed by atoms with E-state index in [1.165, 1.54) is 11.3 Å².